The minimum atomic E-state index is -0.0165. The lowest BCUT2D eigenvalue weighted by Crippen LogP contribution is -2.03. The molecule has 100 valence electrons. The minimum absolute atomic E-state index is 0.0165. The highest BCUT2D eigenvalue weighted by molar-refractivity contribution is 6.31. The second kappa shape index (κ2) is 6.31. The lowest BCUT2D eigenvalue weighted by Gasteiger charge is -2.14. The molecule has 0 aromatic heterocycles. The van der Waals surface area contributed by atoms with Gasteiger partial charge < -0.3 is 5.32 Å². The zero-order chi connectivity index (χ0) is 13.8. The summed E-state index contributed by atoms with van der Waals surface area (Å²) in [6.07, 6.45) is 0. The normalized spacial score (nSPS) is 12.2. The van der Waals surface area contributed by atoms with Crippen molar-refractivity contribution in [3.8, 4) is 0 Å². The van der Waals surface area contributed by atoms with E-state index in [1.165, 1.54) is 5.56 Å². The summed E-state index contributed by atoms with van der Waals surface area (Å²) < 4.78 is 0. The number of hydrogen-bond acceptors (Lipinski definition) is 1. The van der Waals surface area contributed by atoms with Gasteiger partial charge in [0.05, 0.1) is 5.38 Å². The molecule has 0 spiro atoms. The van der Waals surface area contributed by atoms with Crippen molar-refractivity contribution in [1.29, 1.82) is 0 Å². The Morgan fingerprint density at radius 2 is 1.89 bits per heavy atom. The van der Waals surface area contributed by atoms with Gasteiger partial charge in [0.25, 0.3) is 0 Å². The Kier molecular flexibility index (Phi) is 4.73. The van der Waals surface area contributed by atoms with Gasteiger partial charge in [-0.25, -0.2) is 0 Å². The van der Waals surface area contributed by atoms with Gasteiger partial charge in [-0.05, 0) is 42.7 Å². The molecule has 0 amide bonds. The van der Waals surface area contributed by atoms with Crippen LogP contribution in [0.4, 0.5) is 5.69 Å². The maximum absolute atomic E-state index is 6.23. The van der Waals surface area contributed by atoms with Crippen LogP contribution in [-0.2, 0) is 6.54 Å². The zero-order valence-corrected chi connectivity index (χ0v) is 12.6. The lowest BCUT2D eigenvalue weighted by atomic mass is 10.1. The van der Waals surface area contributed by atoms with Gasteiger partial charge in [0.15, 0.2) is 0 Å². The fraction of sp³-hybridized carbons (Fsp3) is 0.250. The Morgan fingerprint density at radius 3 is 2.58 bits per heavy atom. The van der Waals surface area contributed by atoms with Gasteiger partial charge in [-0.2, -0.15) is 0 Å². The van der Waals surface area contributed by atoms with Gasteiger partial charge in [0.2, 0.25) is 0 Å². The van der Waals surface area contributed by atoms with Crippen molar-refractivity contribution in [2.75, 3.05) is 5.32 Å². The van der Waals surface area contributed by atoms with Crippen LogP contribution in [0.1, 0.15) is 29.0 Å². The molecule has 1 nitrogen and oxygen atoms in total. The third-order valence-electron chi connectivity index (χ3n) is 3.07. The van der Waals surface area contributed by atoms with E-state index < -0.39 is 0 Å². The van der Waals surface area contributed by atoms with E-state index >= 15 is 0 Å². The summed E-state index contributed by atoms with van der Waals surface area (Å²) in [5.74, 6) is 0. The molecule has 3 heteroatoms. The SMILES string of the molecule is Cc1ccc(CNc2ccccc2C(C)Cl)c(Cl)c1. The van der Waals surface area contributed by atoms with Crippen molar-refractivity contribution >= 4 is 28.9 Å². The standard InChI is InChI=1S/C16H17Cl2N/c1-11-7-8-13(15(18)9-11)10-19-16-6-4-3-5-14(16)12(2)17/h3-9,12,19H,10H2,1-2H3. The second-order valence-corrected chi connectivity index (χ2v) is 5.71. The molecule has 1 atom stereocenters. The highest BCUT2D eigenvalue weighted by Crippen LogP contribution is 2.28. The van der Waals surface area contributed by atoms with Crippen LogP contribution >= 0.6 is 23.2 Å². The molecule has 0 radical (unpaired) electrons. The molecule has 2 rings (SSSR count). The number of halogens is 2. The number of rotatable bonds is 4. The Hall–Kier alpha value is -1.18. The molecular formula is C16H17Cl2N. The summed E-state index contributed by atoms with van der Waals surface area (Å²) in [6, 6.07) is 14.2. The molecular weight excluding hydrogens is 277 g/mol. The Balaban J connectivity index is 2.14. The summed E-state index contributed by atoms with van der Waals surface area (Å²) in [7, 11) is 0. The molecule has 0 aliphatic carbocycles. The first-order chi connectivity index (χ1) is 9.08. The van der Waals surface area contributed by atoms with Crippen LogP contribution in [-0.4, -0.2) is 0 Å². The quantitative estimate of drug-likeness (QED) is 0.728. The molecule has 0 aliphatic heterocycles. The molecule has 0 fully saturated rings. The van der Waals surface area contributed by atoms with Crippen molar-refractivity contribution in [3.63, 3.8) is 0 Å². The van der Waals surface area contributed by atoms with E-state index in [1.54, 1.807) is 0 Å². The van der Waals surface area contributed by atoms with Gasteiger partial charge in [-0.15, -0.1) is 11.6 Å². The predicted molar refractivity (Wildman–Crippen MR) is 84.2 cm³/mol. The molecule has 0 aliphatic rings. The number of benzene rings is 2. The third-order valence-corrected chi connectivity index (χ3v) is 3.65. The highest BCUT2D eigenvalue weighted by atomic mass is 35.5. The average molecular weight is 294 g/mol. The van der Waals surface area contributed by atoms with E-state index in [9.17, 15) is 0 Å². The van der Waals surface area contributed by atoms with E-state index in [4.69, 9.17) is 23.2 Å². The molecule has 19 heavy (non-hydrogen) atoms. The zero-order valence-electron chi connectivity index (χ0n) is 11.1. The van der Waals surface area contributed by atoms with E-state index in [-0.39, 0.29) is 5.38 Å². The number of alkyl halides is 1. The van der Waals surface area contributed by atoms with Crippen molar-refractivity contribution in [2.24, 2.45) is 0 Å². The van der Waals surface area contributed by atoms with E-state index in [2.05, 4.69) is 17.4 Å². The summed E-state index contributed by atoms with van der Waals surface area (Å²) in [6.45, 7) is 4.70. The summed E-state index contributed by atoms with van der Waals surface area (Å²) in [4.78, 5) is 0. The fourth-order valence-electron chi connectivity index (χ4n) is 1.99. The highest BCUT2D eigenvalue weighted by Gasteiger charge is 2.07. The van der Waals surface area contributed by atoms with Gasteiger partial charge >= 0.3 is 0 Å². The van der Waals surface area contributed by atoms with E-state index in [0.29, 0.717) is 6.54 Å². The first kappa shape index (κ1) is 14.2. The molecule has 1 unspecified atom stereocenters. The molecule has 2 aromatic carbocycles. The number of para-hydroxylation sites is 1. The first-order valence-corrected chi connectivity index (χ1v) is 7.11. The number of nitrogens with one attached hydrogen (secondary N) is 1. The Bertz CT molecular complexity index is 564. The topological polar surface area (TPSA) is 12.0 Å². The van der Waals surface area contributed by atoms with E-state index in [1.807, 2.05) is 44.2 Å². The number of anilines is 1. The van der Waals surface area contributed by atoms with Gasteiger partial charge in [-0.3, -0.25) is 0 Å². The van der Waals surface area contributed by atoms with Crippen LogP contribution < -0.4 is 5.32 Å². The van der Waals surface area contributed by atoms with Crippen molar-refractivity contribution < 1.29 is 0 Å². The molecule has 0 saturated heterocycles. The summed E-state index contributed by atoms with van der Waals surface area (Å²) in [5, 5.41) is 4.18. The minimum Gasteiger partial charge on any atom is -0.381 e. The summed E-state index contributed by atoms with van der Waals surface area (Å²) in [5.41, 5.74) is 4.42. The van der Waals surface area contributed by atoms with Gasteiger partial charge in [-0.1, -0.05) is 41.9 Å². The van der Waals surface area contributed by atoms with Crippen LogP contribution in [0, 0.1) is 6.92 Å². The van der Waals surface area contributed by atoms with Crippen LogP contribution in [0.3, 0.4) is 0 Å². The molecule has 0 saturated carbocycles. The Labute approximate surface area is 124 Å². The van der Waals surface area contributed by atoms with Gasteiger partial charge in [0, 0.05) is 17.3 Å². The van der Waals surface area contributed by atoms with Crippen LogP contribution in [0.15, 0.2) is 42.5 Å². The first-order valence-electron chi connectivity index (χ1n) is 6.30. The van der Waals surface area contributed by atoms with Gasteiger partial charge in [0.1, 0.15) is 0 Å². The van der Waals surface area contributed by atoms with Crippen molar-refractivity contribution in [3.05, 3.63) is 64.2 Å². The molecule has 0 heterocycles. The second-order valence-electron chi connectivity index (χ2n) is 4.65. The van der Waals surface area contributed by atoms with Crippen LogP contribution in [0.2, 0.25) is 5.02 Å². The van der Waals surface area contributed by atoms with E-state index in [0.717, 1.165) is 21.8 Å². The largest absolute Gasteiger partial charge is 0.381 e. The fourth-order valence-corrected chi connectivity index (χ4v) is 2.48. The number of hydrogen-bond donors (Lipinski definition) is 1. The molecule has 0 bridgehead atoms. The number of aryl methyl sites for hydroxylation is 1. The monoisotopic (exact) mass is 293 g/mol. The van der Waals surface area contributed by atoms with Crippen LogP contribution in [0.5, 0.6) is 0 Å². The maximum atomic E-state index is 6.23. The maximum Gasteiger partial charge on any atom is 0.0577 e. The van der Waals surface area contributed by atoms with Crippen LogP contribution in [0.25, 0.3) is 0 Å². The van der Waals surface area contributed by atoms with Crippen molar-refractivity contribution in [1.82, 2.24) is 0 Å². The predicted octanol–water partition coefficient (Wildman–Crippen LogP) is 5.56. The lowest BCUT2D eigenvalue weighted by molar-refractivity contribution is 1.06. The summed E-state index contributed by atoms with van der Waals surface area (Å²) >= 11 is 12.4. The average Bonchev–Trinajstić information content (AvgIpc) is 2.38. The molecule has 1 N–H and O–H groups in total. The molecule has 2 aromatic rings. The van der Waals surface area contributed by atoms with Crippen molar-refractivity contribution in [2.45, 2.75) is 25.8 Å². The Morgan fingerprint density at radius 1 is 1.16 bits per heavy atom. The third kappa shape index (κ3) is 3.65. The smallest absolute Gasteiger partial charge is 0.0577 e.